The quantitative estimate of drug-likeness (QED) is 0.313. The average Bonchev–Trinajstić information content (AvgIpc) is 3.23. The summed E-state index contributed by atoms with van der Waals surface area (Å²) in [5, 5.41) is 10.4. The van der Waals surface area contributed by atoms with E-state index in [0.29, 0.717) is 6.61 Å². The Hall–Kier alpha value is -3.97. The molecule has 0 spiro atoms. The van der Waals surface area contributed by atoms with Crippen molar-refractivity contribution in [1.82, 2.24) is 4.57 Å². The lowest BCUT2D eigenvalue weighted by Gasteiger charge is -2.14. The van der Waals surface area contributed by atoms with Crippen LogP contribution in [0.2, 0.25) is 0 Å². The third kappa shape index (κ3) is 5.15. The summed E-state index contributed by atoms with van der Waals surface area (Å²) in [5.41, 5.74) is 7.08. The number of nitrogens with zero attached hydrogens (tertiary/aromatic N) is 1. The van der Waals surface area contributed by atoms with E-state index in [2.05, 4.69) is 78.9 Å². The molecule has 0 radical (unpaired) electrons. The first-order valence-electron chi connectivity index (χ1n) is 11.4. The van der Waals surface area contributed by atoms with Crippen LogP contribution in [0.3, 0.4) is 0 Å². The van der Waals surface area contributed by atoms with Gasteiger partial charge in [0.15, 0.2) is 0 Å². The number of ether oxygens (including phenoxy) is 1. The van der Waals surface area contributed by atoms with Crippen LogP contribution >= 0.6 is 0 Å². The fourth-order valence-corrected chi connectivity index (χ4v) is 4.34. The van der Waals surface area contributed by atoms with Crippen molar-refractivity contribution in [3.63, 3.8) is 0 Å². The number of aryl methyl sites for hydroxylation is 2. The number of benzene rings is 3. The summed E-state index contributed by atoms with van der Waals surface area (Å²) in [7, 11) is 0. The molecule has 4 rings (SSSR count). The third-order valence-electron chi connectivity index (χ3n) is 6.27. The van der Waals surface area contributed by atoms with Gasteiger partial charge in [0.05, 0.1) is 17.9 Å². The Morgan fingerprint density at radius 2 is 1.76 bits per heavy atom. The maximum absolute atomic E-state index is 11.1. The number of fused-ring (bicyclic) bond motifs is 1. The van der Waals surface area contributed by atoms with E-state index in [4.69, 9.17) is 9.84 Å². The molecule has 172 valence electrons. The van der Waals surface area contributed by atoms with Crippen LogP contribution in [0.15, 0.2) is 72.9 Å². The molecule has 4 nitrogen and oxygen atoms in total. The molecule has 1 atom stereocenters. The first-order valence-corrected chi connectivity index (χ1v) is 11.4. The third-order valence-corrected chi connectivity index (χ3v) is 6.27. The maximum Gasteiger partial charge on any atom is 0.304 e. The van der Waals surface area contributed by atoms with Crippen LogP contribution in [0.4, 0.5) is 0 Å². The summed E-state index contributed by atoms with van der Waals surface area (Å²) in [5.74, 6) is 5.38. The molecule has 4 aromatic rings. The van der Waals surface area contributed by atoms with E-state index in [0.717, 1.165) is 23.4 Å². The Balaban J connectivity index is 1.51. The number of aromatic nitrogens is 1. The lowest BCUT2D eigenvalue weighted by atomic mass is 9.96. The highest BCUT2D eigenvalue weighted by Gasteiger charge is 2.14. The Morgan fingerprint density at radius 3 is 2.47 bits per heavy atom. The van der Waals surface area contributed by atoms with Crippen LogP contribution in [-0.2, 0) is 17.9 Å². The molecule has 0 fully saturated rings. The highest BCUT2D eigenvalue weighted by atomic mass is 16.5. The van der Waals surface area contributed by atoms with Gasteiger partial charge < -0.3 is 14.4 Å². The van der Waals surface area contributed by atoms with Crippen molar-refractivity contribution in [1.29, 1.82) is 0 Å². The van der Waals surface area contributed by atoms with Gasteiger partial charge in [0, 0.05) is 12.7 Å². The SMILES string of the molecule is CC#CC(CC(=O)O)c1ccc(OCc2ccc3ccn(Cc4ccccc4C)c3c2C)cc1. The summed E-state index contributed by atoms with van der Waals surface area (Å²) < 4.78 is 8.40. The predicted octanol–water partition coefficient (Wildman–Crippen LogP) is 6.47. The molecule has 3 aromatic carbocycles. The van der Waals surface area contributed by atoms with E-state index in [1.165, 1.54) is 27.6 Å². The van der Waals surface area contributed by atoms with Gasteiger partial charge in [-0.25, -0.2) is 0 Å². The van der Waals surface area contributed by atoms with Crippen molar-refractivity contribution in [2.75, 3.05) is 0 Å². The molecule has 0 saturated heterocycles. The highest BCUT2D eigenvalue weighted by molar-refractivity contribution is 5.84. The molecule has 34 heavy (non-hydrogen) atoms. The molecular weight excluding hydrogens is 422 g/mol. The monoisotopic (exact) mass is 451 g/mol. The summed E-state index contributed by atoms with van der Waals surface area (Å²) in [4.78, 5) is 11.1. The molecule has 1 aromatic heterocycles. The second kappa shape index (κ2) is 10.3. The van der Waals surface area contributed by atoms with Crippen LogP contribution < -0.4 is 4.74 Å². The number of carbonyl (C=O) groups is 1. The molecule has 0 aliphatic rings. The van der Waals surface area contributed by atoms with Gasteiger partial charge in [-0.1, -0.05) is 54.5 Å². The Bertz CT molecular complexity index is 1370. The standard InChI is InChI=1S/C30H29NO3/c1-4-7-25(18-29(32)33)23-12-14-28(15-13-23)34-20-27-11-10-24-16-17-31(30(24)22(27)3)19-26-9-6-5-8-21(26)2/h5-6,8-17,25H,18-20H2,1-3H3,(H,32,33). The first kappa shape index (κ1) is 23.2. The summed E-state index contributed by atoms with van der Waals surface area (Å²) in [6.07, 6.45) is 2.14. The number of hydrogen-bond acceptors (Lipinski definition) is 2. The van der Waals surface area contributed by atoms with Gasteiger partial charge in [0.2, 0.25) is 0 Å². The Kier molecular flexibility index (Phi) is 7.04. The number of hydrogen-bond donors (Lipinski definition) is 1. The van der Waals surface area contributed by atoms with Gasteiger partial charge in [-0.05, 0) is 72.2 Å². The van der Waals surface area contributed by atoms with Gasteiger partial charge in [-0.15, -0.1) is 5.92 Å². The number of carboxylic acid groups (broad SMARTS) is 1. The largest absolute Gasteiger partial charge is 0.489 e. The average molecular weight is 452 g/mol. The summed E-state index contributed by atoms with van der Waals surface area (Å²) in [6, 6.07) is 22.5. The van der Waals surface area contributed by atoms with E-state index < -0.39 is 5.97 Å². The maximum atomic E-state index is 11.1. The van der Waals surface area contributed by atoms with Crippen LogP contribution in [0.5, 0.6) is 5.75 Å². The van der Waals surface area contributed by atoms with Gasteiger partial charge in [-0.2, -0.15) is 0 Å². The molecule has 0 saturated carbocycles. The molecule has 0 amide bonds. The number of rotatable bonds is 8. The molecule has 1 N–H and O–H groups in total. The lowest BCUT2D eigenvalue weighted by molar-refractivity contribution is -0.137. The zero-order valence-electron chi connectivity index (χ0n) is 19.8. The fraction of sp³-hybridized carbons (Fsp3) is 0.233. The predicted molar refractivity (Wildman–Crippen MR) is 136 cm³/mol. The molecule has 4 heteroatoms. The van der Waals surface area contributed by atoms with Crippen LogP contribution in [0.25, 0.3) is 10.9 Å². The number of aliphatic carboxylic acids is 1. The van der Waals surface area contributed by atoms with Gasteiger partial charge in [-0.3, -0.25) is 4.79 Å². The highest BCUT2D eigenvalue weighted by Crippen LogP contribution is 2.27. The normalized spacial score (nSPS) is 11.6. The van der Waals surface area contributed by atoms with Crippen LogP contribution in [0.1, 0.15) is 47.1 Å². The van der Waals surface area contributed by atoms with E-state index in [1.54, 1.807) is 6.92 Å². The molecule has 0 bridgehead atoms. The summed E-state index contributed by atoms with van der Waals surface area (Å²) in [6.45, 7) is 7.32. The second-order valence-electron chi connectivity index (χ2n) is 8.56. The smallest absolute Gasteiger partial charge is 0.304 e. The van der Waals surface area contributed by atoms with Crippen molar-refractivity contribution < 1.29 is 14.6 Å². The van der Waals surface area contributed by atoms with Gasteiger partial charge in [0.1, 0.15) is 12.4 Å². The van der Waals surface area contributed by atoms with Crippen molar-refractivity contribution >= 4 is 16.9 Å². The van der Waals surface area contributed by atoms with E-state index >= 15 is 0 Å². The Morgan fingerprint density at radius 1 is 1.00 bits per heavy atom. The second-order valence-corrected chi connectivity index (χ2v) is 8.56. The summed E-state index contributed by atoms with van der Waals surface area (Å²) >= 11 is 0. The van der Waals surface area contributed by atoms with E-state index in [1.807, 2.05) is 24.3 Å². The van der Waals surface area contributed by atoms with Crippen molar-refractivity contribution in [3.8, 4) is 17.6 Å². The topological polar surface area (TPSA) is 51.5 Å². The van der Waals surface area contributed by atoms with Gasteiger partial charge >= 0.3 is 5.97 Å². The molecule has 1 heterocycles. The minimum absolute atomic E-state index is 0.0115. The van der Waals surface area contributed by atoms with E-state index in [9.17, 15) is 4.79 Å². The minimum atomic E-state index is -0.855. The molecule has 0 aliphatic heterocycles. The molecule has 1 unspecified atom stereocenters. The minimum Gasteiger partial charge on any atom is -0.489 e. The molecular formula is C30H29NO3. The van der Waals surface area contributed by atoms with Crippen molar-refractivity contribution in [2.45, 2.75) is 46.3 Å². The van der Waals surface area contributed by atoms with E-state index in [-0.39, 0.29) is 12.3 Å². The zero-order valence-corrected chi connectivity index (χ0v) is 19.8. The fourth-order valence-electron chi connectivity index (χ4n) is 4.34. The van der Waals surface area contributed by atoms with Crippen LogP contribution in [-0.4, -0.2) is 15.6 Å². The van der Waals surface area contributed by atoms with Crippen molar-refractivity contribution in [3.05, 3.63) is 101 Å². The van der Waals surface area contributed by atoms with Crippen LogP contribution in [0, 0.1) is 25.7 Å². The lowest BCUT2D eigenvalue weighted by Crippen LogP contribution is -2.05. The number of carboxylic acids is 1. The molecule has 0 aliphatic carbocycles. The first-order chi connectivity index (χ1) is 16.5. The van der Waals surface area contributed by atoms with Crippen molar-refractivity contribution in [2.24, 2.45) is 0 Å². The Labute approximate surface area is 200 Å². The zero-order chi connectivity index (χ0) is 24.1. The van der Waals surface area contributed by atoms with Gasteiger partial charge in [0.25, 0.3) is 0 Å².